The normalized spacial score (nSPS) is 14.2. The lowest BCUT2D eigenvalue weighted by molar-refractivity contribution is -0.135. The molecule has 29 nitrogen and oxygen atoms in total. The number of carbonyl (C=O) groups is 3. The lowest BCUT2D eigenvalue weighted by atomic mass is 10.1. The van der Waals surface area contributed by atoms with Crippen molar-refractivity contribution < 1.29 is 53.0 Å². The number of ether oxygens (including phenoxy) is 6. The number of aromatic nitrogens is 8. The standard InChI is InChI=1S/C35H42ClN5O4.C34H35ClN6O4.C32H35ClN4O6/c1-5-38(6-2)22-26-11-16-30-29(21-26)35(43)41(31-9-7-8-10-32(31)45-25(3)4)33(37-30)23-39-17-19-40(20-18-39)34(42)24-44-28-14-12-27(36)13-15-28;1-24(2)45-31-6-4-3-5-30(31)41-32(37-29-12-7-25(19-28(29)34(41)43)20-39-14-13-36-23-39)21-38-15-17-40(18-16-38)33(42)22-44-27-10-8-26(35)9-11-27;1-21(2)43-29-6-4-3-5-27(29)37-30(34-26-12-7-22(28(39)19-38)17-25(26)32(37)41)18-35-13-15-36(16-14-35)31(40)20-42-24-10-8-23(33)9-11-24/h7-16,21,25H,5-6,17-20,22-24H2,1-4H3;3-14,19,23-24H,15-18,20-22H2,1-2H3;3-12,17,21,28,38-39H,13-16,18-20H2,1-2H3. The fraction of sp³-hybridized carbons (Fsp3) is 0.347. The minimum absolute atomic E-state index is 0.0314. The third kappa shape index (κ3) is 25.3. The van der Waals surface area contributed by atoms with Crippen LogP contribution < -0.4 is 45.1 Å². The van der Waals surface area contributed by atoms with Gasteiger partial charge in [0.1, 0.15) is 58.1 Å². The molecule has 3 aliphatic rings. The number of rotatable bonds is 32. The first kappa shape index (κ1) is 96.5. The molecule has 32 heteroatoms. The second-order valence-electron chi connectivity index (χ2n) is 33.5. The number of nitrogens with zero attached hydrogens (tertiary/aromatic N) is 15. The predicted molar refractivity (Wildman–Crippen MR) is 516 cm³/mol. The second kappa shape index (κ2) is 45.7. The molecular formula is C101H112Cl3N15O14. The van der Waals surface area contributed by atoms with Crippen LogP contribution in [0.4, 0.5) is 0 Å². The van der Waals surface area contributed by atoms with E-state index in [0.717, 1.165) is 30.8 Å². The summed E-state index contributed by atoms with van der Waals surface area (Å²) in [5.74, 6) is 5.11. The number of halogens is 3. The van der Waals surface area contributed by atoms with Crippen molar-refractivity contribution >= 4 is 85.2 Å². The van der Waals surface area contributed by atoms with Crippen LogP contribution in [0.3, 0.4) is 0 Å². The van der Waals surface area contributed by atoms with Crippen molar-refractivity contribution in [1.82, 2.24) is 72.5 Å². The van der Waals surface area contributed by atoms with Crippen molar-refractivity contribution in [2.75, 3.05) is 118 Å². The quantitative estimate of drug-likeness (QED) is 0.0396. The van der Waals surface area contributed by atoms with E-state index in [1.807, 2.05) is 160 Å². The number of aliphatic hydroxyl groups excluding tert-OH is 2. The minimum Gasteiger partial charge on any atom is -0.489 e. The Morgan fingerprint density at radius 1 is 0.414 bits per heavy atom. The number of aliphatic hydroxyl groups is 2. The van der Waals surface area contributed by atoms with Crippen LogP contribution in [0.25, 0.3) is 49.8 Å². The Bertz CT molecular complexity index is 6330. The molecule has 3 aliphatic heterocycles. The summed E-state index contributed by atoms with van der Waals surface area (Å²) in [5.41, 5.74) is 5.58. The van der Waals surface area contributed by atoms with Crippen LogP contribution in [0.1, 0.15) is 95.7 Å². The summed E-state index contributed by atoms with van der Waals surface area (Å²) in [4.78, 5) is 115. The number of imidazole rings is 1. The SMILES string of the molecule is CC(C)Oc1ccccc1-n1c(CN2CCN(C(=O)COc3ccc(Cl)cc3)CC2)nc2ccc(C(O)CO)cc2c1=O.CC(C)Oc1ccccc1-n1c(CN2CCN(C(=O)COc3ccc(Cl)cc3)CC2)nc2ccc(Cn3ccnc3)cc2c1=O.CCN(CC)Cc1ccc2nc(CN3CCN(C(=O)COc4ccc(Cl)cc4)CC3)n(-c3ccccc3OC(C)C)c(=O)c2c1. The van der Waals surface area contributed by atoms with Crippen molar-refractivity contribution in [3.63, 3.8) is 0 Å². The number of benzene rings is 9. The number of hydrogen-bond acceptors (Lipinski definition) is 22. The molecule has 0 spiro atoms. The van der Waals surface area contributed by atoms with Crippen molar-refractivity contribution in [1.29, 1.82) is 0 Å². The third-order valence-electron chi connectivity index (χ3n) is 23.0. The van der Waals surface area contributed by atoms with Crippen LogP contribution in [0.5, 0.6) is 34.5 Å². The van der Waals surface area contributed by atoms with Gasteiger partial charge in [0.2, 0.25) is 0 Å². The van der Waals surface area contributed by atoms with Crippen molar-refractivity contribution in [3.05, 3.63) is 299 Å². The maximum Gasteiger partial charge on any atom is 0.266 e. The fourth-order valence-electron chi connectivity index (χ4n) is 16.0. The van der Waals surface area contributed by atoms with Crippen LogP contribution >= 0.6 is 34.8 Å². The van der Waals surface area contributed by atoms with Gasteiger partial charge in [-0.3, -0.25) is 62.1 Å². The molecule has 133 heavy (non-hydrogen) atoms. The number of hydrogen-bond donors (Lipinski definition) is 2. The van der Waals surface area contributed by atoms with Gasteiger partial charge in [-0.1, -0.05) is 103 Å². The lowest BCUT2D eigenvalue weighted by Crippen LogP contribution is -2.50. The van der Waals surface area contributed by atoms with Crippen molar-refractivity contribution in [3.8, 4) is 51.6 Å². The van der Waals surface area contributed by atoms with E-state index in [9.17, 15) is 39.0 Å². The maximum atomic E-state index is 14.3. The van der Waals surface area contributed by atoms with Gasteiger partial charge in [0.25, 0.3) is 34.4 Å². The molecule has 0 saturated carbocycles. The summed E-state index contributed by atoms with van der Waals surface area (Å²) in [6, 6.07) is 60.1. The molecule has 3 amide bonds. The smallest absolute Gasteiger partial charge is 0.266 e. The third-order valence-corrected chi connectivity index (χ3v) is 23.7. The topological polar surface area (TPSA) is 292 Å². The van der Waals surface area contributed by atoms with Crippen LogP contribution in [0, 0.1) is 0 Å². The molecule has 0 bridgehead atoms. The molecule has 696 valence electrons. The van der Waals surface area contributed by atoms with E-state index in [0.29, 0.717) is 227 Å². The van der Waals surface area contributed by atoms with Gasteiger partial charge < -0.3 is 57.9 Å². The zero-order chi connectivity index (χ0) is 93.8. The van der Waals surface area contributed by atoms with Gasteiger partial charge in [0, 0.05) is 119 Å². The molecule has 3 saturated heterocycles. The molecule has 2 N–H and O–H groups in total. The van der Waals surface area contributed by atoms with Crippen LogP contribution in [-0.2, 0) is 47.1 Å². The van der Waals surface area contributed by atoms with Gasteiger partial charge in [-0.2, -0.15) is 0 Å². The summed E-state index contributed by atoms with van der Waals surface area (Å²) in [7, 11) is 0. The molecule has 0 radical (unpaired) electrons. The summed E-state index contributed by atoms with van der Waals surface area (Å²) in [5, 5.41) is 22.9. The average Bonchev–Trinajstić information content (AvgIpc) is 1.73. The fourth-order valence-corrected chi connectivity index (χ4v) is 16.4. The summed E-state index contributed by atoms with van der Waals surface area (Å²) < 4.78 is 42.2. The Morgan fingerprint density at radius 2 is 0.744 bits per heavy atom. The maximum absolute atomic E-state index is 14.3. The highest BCUT2D eigenvalue weighted by Crippen LogP contribution is 2.32. The highest BCUT2D eigenvalue weighted by Gasteiger charge is 2.30. The van der Waals surface area contributed by atoms with Gasteiger partial charge in [-0.25, -0.2) is 19.9 Å². The first-order valence-corrected chi connectivity index (χ1v) is 46.0. The largest absolute Gasteiger partial charge is 0.489 e. The first-order valence-electron chi connectivity index (χ1n) is 44.9. The van der Waals surface area contributed by atoms with Gasteiger partial charge >= 0.3 is 0 Å². The van der Waals surface area contributed by atoms with Gasteiger partial charge in [-0.05, 0) is 217 Å². The Balaban J connectivity index is 0.000000160. The number of fused-ring (bicyclic) bond motifs is 3. The van der Waals surface area contributed by atoms with E-state index >= 15 is 0 Å². The number of carbonyl (C=O) groups excluding carboxylic acids is 3. The Morgan fingerprint density at radius 3 is 1.08 bits per heavy atom. The summed E-state index contributed by atoms with van der Waals surface area (Å²) in [6.45, 7) is 26.8. The Labute approximate surface area is 787 Å². The monoisotopic (exact) mass is 1860 g/mol. The van der Waals surface area contributed by atoms with Gasteiger partial charge in [0.05, 0.1) is 101 Å². The molecule has 1 atom stereocenters. The minimum atomic E-state index is -1.11. The van der Waals surface area contributed by atoms with E-state index < -0.39 is 12.7 Å². The van der Waals surface area contributed by atoms with Crippen LogP contribution in [-0.4, -0.2) is 237 Å². The zero-order valence-corrected chi connectivity index (χ0v) is 78.3. The van der Waals surface area contributed by atoms with Crippen LogP contribution in [0.15, 0.2) is 233 Å². The Kier molecular flexibility index (Phi) is 33.2. The van der Waals surface area contributed by atoms with E-state index in [4.69, 9.17) is 78.2 Å². The highest BCUT2D eigenvalue weighted by molar-refractivity contribution is 6.31. The molecule has 0 aliphatic carbocycles. The molecule has 9 aromatic carbocycles. The van der Waals surface area contributed by atoms with Gasteiger partial charge in [0.15, 0.2) is 19.8 Å². The lowest BCUT2D eigenvalue weighted by Gasteiger charge is -2.34. The van der Waals surface area contributed by atoms with E-state index in [1.165, 1.54) is 0 Å². The molecule has 4 aromatic heterocycles. The second-order valence-corrected chi connectivity index (χ2v) is 34.8. The van der Waals surface area contributed by atoms with E-state index in [-0.39, 0.29) is 72.5 Å². The molecule has 7 heterocycles. The van der Waals surface area contributed by atoms with Crippen LogP contribution in [0.2, 0.25) is 15.1 Å². The summed E-state index contributed by atoms with van der Waals surface area (Å²) >= 11 is 17.8. The molecule has 1 unspecified atom stereocenters. The molecular weight excluding hydrogens is 1750 g/mol. The van der Waals surface area contributed by atoms with Crippen molar-refractivity contribution in [2.24, 2.45) is 0 Å². The first-order chi connectivity index (χ1) is 64.3. The molecule has 16 rings (SSSR count). The van der Waals surface area contributed by atoms with E-state index in [1.54, 1.807) is 127 Å². The van der Waals surface area contributed by atoms with E-state index in [2.05, 4.69) is 44.5 Å². The Hall–Kier alpha value is -12.6. The zero-order valence-electron chi connectivity index (χ0n) is 76.0. The van der Waals surface area contributed by atoms with Crippen molar-refractivity contribution in [2.45, 2.75) is 113 Å². The number of amides is 3. The average molecular weight is 1870 g/mol. The number of para-hydroxylation sites is 6. The summed E-state index contributed by atoms with van der Waals surface area (Å²) in [6.07, 6.45) is 4.02. The molecule has 3 fully saturated rings. The predicted octanol–water partition coefficient (Wildman–Crippen LogP) is 13.8. The highest BCUT2D eigenvalue weighted by atomic mass is 35.5. The number of piperazine rings is 3. The molecule has 13 aromatic rings. The van der Waals surface area contributed by atoms with Gasteiger partial charge in [-0.15, -0.1) is 0 Å².